The molecule has 0 aliphatic heterocycles. The van der Waals surface area contributed by atoms with E-state index in [9.17, 15) is 28.2 Å². The molecule has 2 aromatic carbocycles. The van der Waals surface area contributed by atoms with Crippen LogP contribution < -0.4 is 4.98 Å². The molecule has 0 saturated heterocycles. The Morgan fingerprint density at radius 3 is 2.19 bits per heavy atom. The van der Waals surface area contributed by atoms with Crippen LogP contribution in [0.4, 0.5) is 13.2 Å². The Morgan fingerprint density at radius 2 is 1.69 bits per heavy atom. The molecule has 1 radical (unpaired) electrons. The second-order valence-corrected chi connectivity index (χ2v) is 6.30. The Hall–Kier alpha value is -3.42. The molecule has 0 fully saturated rings. The predicted molar refractivity (Wildman–Crippen MR) is 106 cm³/mol. The Bertz CT molecular complexity index is 1130. The summed E-state index contributed by atoms with van der Waals surface area (Å²) < 4.78 is 36.8. The van der Waals surface area contributed by atoms with E-state index in [2.05, 4.69) is 16.0 Å². The number of aromatic nitrogens is 2. The maximum atomic E-state index is 12.3. The first-order chi connectivity index (χ1) is 14.7. The molecule has 0 aliphatic rings. The van der Waals surface area contributed by atoms with Crippen LogP contribution in [0.15, 0.2) is 79.1 Å². The maximum absolute atomic E-state index is 12.3. The fourth-order valence-electron chi connectivity index (χ4n) is 2.58. The minimum absolute atomic E-state index is 0. The van der Waals surface area contributed by atoms with E-state index >= 15 is 0 Å². The van der Waals surface area contributed by atoms with Gasteiger partial charge in [-0.15, -0.1) is 35.9 Å². The van der Waals surface area contributed by atoms with E-state index in [0.717, 1.165) is 18.3 Å². The van der Waals surface area contributed by atoms with Gasteiger partial charge in [-0.05, 0) is 17.8 Å². The molecule has 0 saturated carbocycles. The van der Waals surface area contributed by atoms with Crippen LogP contribution in [0.3, 0.4) is 0 Å². The van der Waals surface area contributed by atoms with Gasteiger partial charge in [0.05, 0.1) is 5.56 Å². The average Bonchev–Trinajstić information content (AvgIpc) is 3.28. The molecule has 2 aromatic heterocycles. The number of carbonyl (C=O) groups is 1. The molecule has 9 heteroatoms. The van der Waals surface area contributed by atoms with Gasteiger partial charge >= 0.3 is 6.18 Å². The maximum Gasteiger partial charge on any atom is 0.417 e. The molecule has 0 unspecified atom stereocenters. The largest absolute Gasteiger partial charge is 0.661 e. The standard InChI is InChI=1S/C12H7F3N.C11H9NO3.Ir/c13-12(14,15)10-6-7-11(16-8-10)9-4-2-1-3-5-9;13-8-4-7(5-9(14)6-8)11(15)10-2-1-3-12-10;/h1-4,6-8H;1-6H,(H3,12,13,14,15);/q-1;;/p-1. The third kappa shape index (κ3) is 6.54. The van der Waals surface area contributed by atoms with E-state index in [1.807, 2.05) is 0 Å². The first kappa shape index (κ1) is 24.8. The number of hydrogen-bond acceptors (Lipinski definition) is 4. The van der Waals surface area contributed by atoms with Gasteiger partial charge in [-0.1, -0.05) is 30.0 Å². The molecule has 5 nitrogen and oxygen atoms in total. The molecule has 4 aromatic rings. The topological polar surface area (TPSA) is 84.5 Å². The summed E-state index contributed by atoms with van der Waals surface area (Å²) in [6.07, 6.45) is -2.00. The van der Waals surface area contributed by atoms with Crippen LogP contribution in [0.25, 0.3) is 11.3 Å². The van der Waals surface area contributed by atoms with E-state index in [0.29, 0.717) is 17.0 Å². The van der Waals surface area contributed by atoms with Crippen molar-refractivity contribution in [2.45, 2.75) is 6.18 Å². The zero-order chi connectivity index (χ0) is 22.4. The molecule has 2 N–H and O–H groups in total. The van der Waals surface area contributed by atoms with Crippen molar-refractivity contribution in [3.63, 3.8) is 0 Å². The van der Waals surface area contributed by atoms with Crippen LogP contribution in [-0.4, -0.2) is 21.0 Å². The van der Waals surface area contributed by atoms with Crippen molar-refractivity contribution in [3.05, 3.63) is 102 Å². The van der Waals surface area contributed by atoms with E-state index in [4.69, 9.17) is 0 Å². The summed E-state index contributed by atoms with van der Waals surface area (Å²) in [6.45, 7) is 0. The van der Waals surface area contributed by atoms with Crippen molar-refractivity contribution in [2.75, 3.05) is 0 Å². The number of carbonyl (C=O) groups excluding carboxylic acids is 1. The number of phenols is 2. The van der Waals surface area contributed by atoms with E-state index < -0.39 is 11.7 Å². The van der Waals surface area contributed by atoms with Crippen LogP contribution in [0.5, 0.6) is 11.5 Å². The molecule has 167 valence electrons. The SMILES string of the molecule is FC(F)(F)c1ccc(-c2[c-]cccc2)nc1.O=C(c1cc(O)cc(O)c1)c1ccc[n-]1.[Ir]. The van der Waals surface area contributed by atoms with Crippen molar-refractivity contribution in [1.82, 2.24) is 9.97 Å². The van der Waals surface area contributed by atoms with Gasteiger partial charge in [0.1, 0.15) is 11.5 Å². The van der Waals surface area contributed by atoms with E-state index in [1.165, 1.54) is 24.4 Å². The van der Waals surface area contributed by atoms with Crippen LogP contribution in [-0.2, 0) is 26.3 Å². The molecule has 4 rings (SSSR count). The van der Waals surface area contributed by atoms with Crippen molar-refractivity contribution in [3.8, 4) is 22.8 Å². The van der Waals surface area contributed by atoms with Gasteiger partial charge in [0, 0.05) is 37.9 Å². The molecule has 0 spiro atoms. The zero-order valence-corrected chi connectivity index (χ0v) is 18.6. The van der Waals surface area contributed by atoms with Gasteiger partial charge < -0.3 is 20.2 Å². The van der Waals surface area contributed by atoms with Gasteiger partial charge in [-0.3, -0.25) is 4.79 Å². The van der Waals surface area contributed by atoms with Crippen LogP contribution in [0, 0.1) is 6.07 Å². The number of rotatable bonds is 3. The van der Waals surface area contributed by atoms with Gasteiger partial charge in [-0.25, -0.2) is 0 Å². The fourth-order valence-corrected chi connectivity index (χ4v) is 2.58. The number of pyridine rings is 1. The van der Waals surface area contributed by atoms with Crippen molar-refractivity contribution >= 4 is 5.78 Å². The summed E-state index contributed by atoms with van der Waals surface area (Å²) in [7, 11) is 0. The predicted octanol–water partition coefficient (Wildman–Crippen LogP) is 4.85. The van der Waals surface area contributed by atoms with Gasteiger partial charge in [0.25, 0.3) is 0 Å². The number of aromatic hydroxyl groups is 2. The number of ketones is 1. The second kappa shape index (κ2) is 10.7. The Balaban J connectivity index is 0.000000220. The molecule has 0 atom stereocenters. The monoisotopic (exact) mass is 617 g/mol. The Kier molecular flexibility index (Phi) is 8.34. The first-order valence-corrected chi connectivity index (χ1v) is 8.90. The van der Waals surface area contributed by atoms with Crippen LogP contribution in [0.2, 0.25) is 0 Å². The molecule has 2 heterocycles. The molecule has 0 amide bonds. The van der Waals surface area contributed by atoms with E-state index in [1.54, 1.807) is 36.4 Å². The Labute approximate surface area is 194 Å². The number of benzene rings is 2. The molecular weight excluding hydrogens is 601 g/mol. The van der Waals surface area contributed by atoms with Crippen molar-refractivity contribution in [2.24, 2.45) is 0 Å². The quantitative estimate of drug-likeness (QED) is 0.254. The smallest absolute Gasteiger partial charge is 0.417 e. The van der Waals surface area contributed by atoms with Crippen molar-refractivity contribution in [1.29, 1.82) is 0 Å². The summed E-state index contributed by atoms with van der Waals surface area (Å²) >= 11 is 0. The summed E-state index contributed by atoms with van der Waals surface area (Å²) in [4.78, 5) is 19.3. The number of phenolic OH excluding ortho intramolecular Hbond substituents is 2. The van der Waals surface area contributed by atoms with Crippen LogP contribution in [0.1, 0.15) is 21.6 Å². The number of halogens is 3. The number of nitrogens with zero attached hydrogens (tertiary/aromatic N) is 2. The second-order valence-electron chi connectivity index (χ2n) is 6.30. The summed E-state index contributed by atoms with van der Waals surface area (Å²) in [5, 5.41) is 18.4. The van der Waals surface area contributed by atoms with Gasteiger partial charge in [0.15, 0.2) is 5.78 Å². The van der Waals surface area contributed by atoms with Crippen molar-refractivity contribution < 1.29 is 48.3 Å². The summed E-state index contributed by atoms with van der Waals surface area (Å²) in [5.74, 6) is -0.624. The third-order valence-electron chi connectivity index (χ3n) is 4.03. The fraction of sp³-hybridized carbons (Fsp3) is 0.0435. The average molecular weight is 617 g/mol. The molecule has 0 bridgehead atoms. The summed E-state index contributed by atoms with van der Waals surface area (Å²) in [5.41, 5.74) is 0.920. The van der Waals surface area contributed by atoms with Gasteiger partial charge in [0.2, 0.25) is 0 Å². The first-order valence-electron chi connectivity index (χ1n) is 8.90. The molecular formula is C23H15F3IrN2O3-2. The Morgan fingerprint density at radius 1 is 0.969 bits per heavy atom. The summed E-state index contributed by atoms with van der Waals surface area (Å²) in [6, 6.07) is 19.2. The molecule has 32 heavy (non-hydrogen) atoms. The number of hydrogen-bond donors (Lipinski definition) is 2. The molecule has 0 aliphatic carbocycles. The minimum Gasteiger partial charge on any atom is -0.661 e. The van der Waals surface area contributed by atoms with Gasteiger partial charge in [-0.2, -0.15) is 19.4 Å². The zero-order valence-electron chi connectivity index (χ0n) is 16.2. The minimum atomic E-state index is -4.34. The number of alkyl halides is 3. The normalized spacial score (nSPS) is 10.5. The van der Waals surface area contributed by atoms with Crippen LogP contribution >= 0.6 is 0 Å². The van der Waals surface area contributed by atoms with E-state index in [-0.39, 0.29) is 43.0 Å². The third-order valence-corrected chi connectivity index (χ3v) is 4.03.